The van der Waals surface area contributed by atoms with Crippen LogP contribution in [0.25, 0.3) is 6.08 Å². The van der Waals surface area contributed by atoms with Gasteiger partial charge in [-0.3, -0.25) is 4.98 Å². The molecule has 0 spiro atoms. The summed E-state index contributed by atoms with van der Waals surface area (Å²) in [6, 6.07) is 6.72. The first-order valence-corrected chi connectivity index (χ1v) is 4.76. The van der Waals surface area contributed by atoms with E-state index in [1.807, 2.05) is 24.4 Å². The Morgan fingerprint density at radius 3 is 3.08 bits per heavy atom. The number of rotatable bonds is 4. The van der Waals surface area contributed by atoms with E-state index < -0.39 is 0 Å². The molecule has 2 nitrogen and oxygen atoms in total. The summed E-state index contributed by atoms with van der Waals surface area (Å²) in [4.78, 5) is 4.20. The third-order valence-corrected chi connectivity index (χ3v) is 2.08. The van der Waals surface area contributed by atoms with Gasteiger partial charge in [0.2, 0.25) is 0 Å². The zero-order valence-corrected chi connectivity index (χ0v) is 7.61. The maximum absolute atomic E-state index is 4.20. The lowest BCUT2D eigenvalue weighted by molar-refractivity contribution is 0.754. The lowest BCUT2D eigenvalue weighted by atomic mass is 10.3. The van der Waals surface area contributed by atoms with Gasteiger partial charge in [-0.25, -0.2) is 0 Å². The van der Waals surface area contributed by atoms with Gasteiger partial charge in [0.1, 0.15) is 0 Å². The maximum Gasteiger partial charge on any atom is 0.0626 e. The van der Waals surface area contributed by atoms with Gasteiger partial charge in [-0.05, 0) is 31.1 Å². The number of aromatic nitrogens is 1. The summed E-state index contributed by atoms with van der Waals surface area (Å²) < 4.78 is 0. The standard InChI is InChI=1S/C11H14N2/c1-2-8-12-10(4-1)5-3-9-13-11-6-7-11/h1-5,8,11,13H,6-7,9H2. The fourth-order valence-corrected chi connectivity index (χ4v) is 1.18. The minimum atomic E-state index is 0.786. The van der Waals surface area contributed by atoms with Crippen molar-refractivity contribution in [2.45, 2.75) is 18.9 Å². The SMILES string of the molecule is C(=Cc1ccccn1)CNC1CC1. The summed E-state index contributed by atoms with van der Waals surface area (Å²) in [5.41, 5.74) is 1.03. The second-order valence-electron chi connectivity index (χ2n) is 3.34. The number of hydrogen-bond donors (Lipinski definition) is 1. The lowest BCUT2D eigenvalue weighted by Gasteiger charge is -1.95. The first kappa shape index (κ1) is 8.45. The van der Waals surface area contributed by atoms with Gasteiger partial charge >= 0.3 is 0 Å². The zero-order chi connectivity index (χ0) is 8.93. The topological polar surface area (TPSA) is 24.9 Å². The van der Waals surface area contributed by atoms with Gasteiger partial charge in [-0.1, -0.05) is 12.1 Å². The molecule has 0 amide bonds. The molecule has 0 radical (unpaired) electrons. The fraction of sp³-hybridized carbons (Fsp3) is 0.364. The number of nitrogens with zero attached hydrogens (tertiary/aromatic N) is 1. The smallest absolute Gasteiger partial charge is 0.0626 e. The van der Waals surface area contributed by atoms with Gasteiger partial charge in [0.05, 0.1) is 5.69 Å². The summed E-state index contributed by atoms with van der Waals surface area (Å²) in [6.45, 7) is 0.960. The Bertz CT molecular complexity index is 275. The van der Waals surface area contributed by atoms with Crippen molar-refractivity contribution in [2.24, 2.45) is 0 Å². The molecule has 0 bridgehead atoms. The van der Waals surface area contributed by atoms with Gasteiger partial charge in [0, 0.05) is 18.8 Å². The van der Waals surface area contributed by atoms with E-state index >= 15 is 0 Å². The molecule has 1 fully saturated rings. The number of hydrogen-bond acceptors (Lipinski definition) is 2. The molecule has 0 unspecified atom stereocenters. The van der Waals surface area contributed by atoms with Crippen LogP contribution < -0.4 is 5.32 Å². The molecule has 1 aliphatic carbocycles. The molecular weight excluding hydrogens is 160 g/mol. The van der Waals surface area contributed by atoms with E-state index in [0.29, 0.717) is 0 Å². The Balaban J connectivity index is 1.76. The molecule has 1 N–H and O–H groups in total. The summed E-state index contributed by atoms with van der Waals surface area (Å²) in [5, 5.41) is 3.41. The molecule has 0 saturated heterocycles. The third kappa shape index (κ3) is 2.99. The van der Waals surface area contributed by atoms with Gasteiger partial charge < -0.3 is 5.32 Å². The van der Waals surface area contributed by atoms with E-state index in [2.05, 4.69) is 22.5 Å². The van der Waals surface area contributed by atoms with Crippen LogP contribution in [-0.2, 0) is 0 Å². The molecule has 1 heterocycles. The van der Waals surface area contributed by atoms with Crippen molar-refractivity contribution in [2.75, 3.05) is 6.54 Å². The zero-order valence-electron chi connectivity index (χ0n) is 7.61. The largest absolute Gasteiger partial charge is 0.311 e. The molecule has 2 heteroatoms. The first-order valence-electron chi connectivity index (χ1n) is 4.76. The first-order chi connectivity index (χ1) is 6.45. The van der Waals surface area contributed by atoms with Crippen molar-refractivity contribution in [3.8, 4) is 0 Å². The Morgan fingerprint density at radius 2 is 2.38 bits per heavy atom. The van der Waals surface area contributed by atoms with Crippen LogP contribution in [0.4, 0.5) is 0 Å². The minimum Gasteiger partial charge on any atom is -0.311 e. The van der Waals surface area contributed by atoms with Crippen molar-refractivity contribution in [3.63, 3.8) is 0 Å². The Labute approximate surface area is 78.7 Å². The monoisotopic (exact) mass is 174 g/mol. The normalized spacial score (nSPS) is 16.6. The van der Waals surface area contributed by atoms with Crippen LogP contribution in [0.5, 0.6) is 0 Å². The van der Waals surface area contributed by atoms with Crippen molar-refractivity contribution < 1.29 is 0 Å². The predicted molar refractivity (Wildman–Crippen MR) is 54.3 cm³/mol. The minimum absolute atomic E-state index is 0.786. The van der Waals surface area contributed by atoms with Crippen LogP contribution in [0, 0.1) is 0 Å². The second kappa shape index (κ2) is 4.19. The van der Waals surface area contributed by atoms with E-state index in [1.54, 1.807) is 0 Å². The van der Waals surface area contributed by atoms with E-state index in [-0.39, 0.29) is 0 Å². The second-order valence-corrected chi connectivity index (χ2v) is 3.34. The molecule has 1 aromatic rings. The van der Waals surface area contributed by atoms with Gasteiger partial charge in [0.25, 0.3) is 0 Å². The highest BCUT2D eigenvalue weighted by molar-refractivity contribution is 5.43. The van der Waals surface area contributed by atoms with Crippen LogP contribution in [-0.4, -0.2) is 17.6 Å². The maximum atomic E-state index is 4.20. The average molecular weight is 174 g/mol. The van der Waals surface area contributed by atoms with E-state index in [0.717, 1.165) is 18.3 Å². The van der Waals surface area contributed by atoms with Crippen LogP contribution in [0.3, 0.4) is 0 Å². The molecule has 0 atom stereocenters. The van der Waals surface area contributed by atoms with Gasteiger partial charge in [0.15, 0.2) is 0 Å². The van der Waals surface area contributed by atoms with E-state index in [1.165, 1.54) is 12.8 Å². The molecule has 2 rings (SSSR count). The van der Waals surface area contributed by atoms with Crippen LogP contribution in [0.2, 0.25) is 0 Å². The molecular formula is C11H14N2. The van der Waals surface area contributed by atoms with Crippen LogP contribution >= 0.6 is 0 Å². The lowest BCUT2D eigenvalue weighted by Crippen LogP contribution is -2.15. The Hall–Kier alpha value is -1.15. The van der Waals surface area contributed by atoms with Crippen molar-refractivity contribution in [3.05, 3.63) is 36.2 Å². The van der Waals surface area contributed by atoms with Crippen molar-refractivity contribution >= 4 is 6.08 Å². The Kier molecular flexibility index (Phi) is 2.72. The summed E-state index contributed by atoms with van der Waals surface area (Å²) >= 11 is 0. The average Bonchev–Trinajstić information content (AvgIpc) is 2.98. The van der Waals surface area contributed by atoms with Crippen molar-refractivity contribution in [1.29, 1.82) is 0 Å². The molecule has 1 aliphatic rings. The molecule has 1 saturated carbocycles. The summed E-state index contributed by atoms with van der Waals surface area (Å²) in [6.07, 6.45) is 8.68. The highest BCUT2D eigenvalue weighted by Crippen LogP contribution is 2.17. The van der Waals surface area contributed by atoms with E-state index in [9.17, 15) is 0 Å². The summed E-state index contributed by atoms with van der Waals surface area (Å²) in [7, 11) is 0. The highest BCUT2D eigenvalue weighted by atomic mass is 14.9. The van der Waals surface area contributed by atoms with Crippen LogP contribution in [0.1, 0.15) is 18.5 Å². The van der Waals surface area contributed by atoms with Crippen LogP contribution in [0.15, 0.2) is 30.5 Å². The third-order valence-electron chi connectivity index (χ3n) is 2.08. The number of pyridine rings is 1. The van der Waals surface area contributed by atoms with Gasteiger partial charge in [-0.15, -0.1) is 0 Å². The van der Waals surface area contributed by atoms with Gasteiger partial charge in [-0.2, -0.15) is 0 Å². The predicted octanol–water partition coefficient (Wildman–Crippen LogP) is 1.85. The van der Waals surface area contributed by atoms with E-state index in [4.69, 9.17) is 0 Å². The molecule has 13 heavy (non-hydrogen) atoms. The number of nitrogens with one attached hydrogen (secondary N) is 1. The molecule has 1 aromatic heterocycles. The Morgan fingerprint density at radius 1 is 1.46 bits per heavy atom. The molecule has 68 valence electrons. The quantitative estimate of drug-likeness (QED) is 0.753. The van der Waals surface area contributed by atoms with Crippen molar-refractivity contribution in [1.82, 2.24) is 10.3 Å². The fourth-order valence-electron chi connectivity index (χ4n) is 1.18. The highest BCUT2D eigenvalue weighted by Gasteiger charge is 2.18. The molecule has 0 aromatic carbocycles. The summed E-state index contributed by atoms with van der Waals surface area (Å²) in [5.74, 6) is 0. The molecule has 0 aliphatic heterocycles.